The van der Waals surface area contributed by atoms with Crippen molar-refractivity contribution in [3.05, 3.63) is 29.0 Å². The van der Waals surface area contributed by atoms with Gasteiger partial charge in [0.25, 0.3) is 0 Å². The fourth-order valence-electron chi connectivity index (χ4n) is 2.18. The van der Waals surface area contributed by atoms with Crippen molar-refractivity contribution in [2.75, 3.05) is 6.54 Å². The van der Waals surface area contributed by atoms with Crippen molar-refractivity contribution >= 4 is 22.6 Å². The molecule has 0 radical (unpaired) electrons. The molecule has 1 aromatic heterocycles. The summed E-state index contributed by atoms with van der Waals surface area (Å²) >= 11 is 6.00. The van der Waals surface area contributed by atoms with Crippen LogP contribution < -0.4 is 5.32 Å². The second-order valence-electron chi connectivity index (χ2n) is 4.13. The van der Waals surface area contributed by atoms with Gasteiger partial charge in [0, 0.05) is 11.6 Å². The molecule has 2 aromatic rings. The second-order valence-corrected chi connectivity index (χ2v) is 4.56. The number of fused-ring (bicyclic) bond motifs is 1. The van der Waals surface area contributed by atoms with Gasteiger partial charge in [-0.25, -0.2) is 4.98 Å². The number of hydrogen-bond donors (Lipinski definition) is 1. The van der Waals surface area contributed by atoms with Crippen molar-refractivity contribution in [2.45, 2.75) is 33.4 Å². The Morgan fingerprint density at radius 1 is 1.41 bits per heavy atom. The topological polar surface area (TPSA) is 29.9 Å². The van der Waals surface area contributed by atoms with E-state index in [0.29, 0.717) is 0 Å². The van der Waals surface area contributed by atoms with Crippen LogP contribution in [-0.4, -0.2) is 16.1 Å². The number of nitrogens with one attached hydrogen (secondary N) is 1. The smallest absolute Gasteiger partial charge is 0.126 e. The van der Waals surface area contributed by atoms with Gasteiger partial charge in [-0.05, 0) is 38.6 Å². The van der Waals surface area contributed by atoms with Gasteiger partial charge in [0.2, 0.25) is 0 Å². The maximum absolute atomic E-state index is 6.00. The van der Waals surface area contributed by atoms with Crippen molar-refractivity contribution in [2.24, 2.45) is 0 Å². The van der Waals surface area contributed by atoms with Crippen LogP contribution in [-0.2, 0) is 6.54 Å². The van der Waals surface area contributed by atoms with Gasteiger partial charge in [-0.2, -0.15) is 0 Å². The molecular weight excluding hydrogens is 234 g/mol. The van der Waals surface area contributed by atoms with Crippen molar-refractivity contribution in [1.29, 1.82) is 0 Å². The average molecular weight is 252 g/mol. The Kier molecular flexibility index (Phi) is 3.69. The lowest BCUT2D eigenvalue weighted by molar-refractivity contribution is 0.538. The Balaban J connectivity index is 2.55. The van der Waals surface area contributed by atoms with E-state index in [2.05, 4.69) is 35.6 Å². The molecule has 1 atom stereocenters. The van der Waals surface area contributed by atoms with Crippen LogP contribution >= 0.6 is 11.6 Å². The first kappa shape index (κ1) is 12.4. The highest BCUT2D eigenvalue weighted by atomic mass is 35.5. The Bertz CT molecular complexity index is 519. The van der Waals surface area contributed by atoms with Gasteiger partial charge in [-0.15, -0.1) is 0 Å². The number of nitrogens with zero attached hydrogens (tertiary/aromatic N) is 2. The van der Waals surface area contributed by atoms with Crippen LogP contribution in [0.2, 0.25) is 5.02 Å². The number of aromatic nitrogens is 2. The maximum Gasteiger partial charge on any atom is 0.126 e. The number of rotatable bonds is 4. The van der Waals surface area contributed by atoms with Gasteiger partial charge >= 0.3 is 0 Å². The molecule has 0 spiro atoms. The molecule has 1 N–H and O–H groups in total. The highest BCUT2D eigenvalue weighted by molar-refractivity contribution is 6.31. The Labute approximate surface area is 107 Å². The highest BCUT2D eigenvalue weighted by Gasteiger charge is 2.14. The lowest BCUT2D eigenvalue weighted by Gasteiger charge is -2.13. The summed E-state index contributed by atoms with van der Waals surface area (Å²) in [5.74, 6) is 1.08. The average Bonchev–Trinajstić information content (AvgIpc) is 2.66. The first-order chi connectivity index (χ1) is 8.17. The Morgan fingerprint density at radius 3 is 2.82 bits per heavy atom. The largest absolute Gasteiger partial charge is 0.327 e. The van der Waals surface area contributed by atoms with Crippen LogP contribution in [0.15, 0.2) is 18.2 Å². The zero-order valence-electron chi connectivity index (χ0n) is 10.5. The third-order valence-electron chi connectivity index (χ3n) is 2.95. The standard InChI is InChI=1S/C13H18ClN3/c1-4-15-9(3)13-16-11-8-10(14)6-7-12(11)17(13)5-2/h6-9,15H,4-5H2,1-3H3. The van der Waals surface area contributed by atoms with E-state index in [9.17, 15) is 0 Å². The van der Waals surface area contributed by atoms with Gasteiger partial charge in [-0.3, -0.25) is 0 Å². The Hall–Kier alpha value is -1.06. The van der Waals surface area contributed by atoms with Crippen LogP contribution in [0.3, 0.4) is 0 Å². The number of aryl methyl sites for hydroxylation is 1. The summed E-state index contributed by atoms with van der Waals surface area (Å²) in [5, 5.41) is 4.13. The Morgan fingerprint density at radius 2 is 2.18 bits per heavy atom. The molecule has 0 bridgehead atoms. The first-order valence-corrected chi connectivity index (χ1v) is 6.44. The van der Waals surface area contributed by atoms with E-state index in [1.54, 1.807) is 0 Å². The molecular formula is C13H18ClN3. The normalized spacial score (nSPS) is 13.2. The fourth-order valence-corrected chi connectivity index (χ4v) is 2.35. The summed E-state index contributed by atoms with van der Waals surface area (Å²) in [6, 6.07) is 6.13. The lowest BCUT2D eigenvalue weighted by atomic mass is 10.3. The third kappa shape index (κ3) is 2.31. The zero-order valence-corrected chi connectivity index (χ0v) is 11.3. The molecule has 0 fully saturated rings. The maximum atomic E-state index is 6.00. The van der Waals surface area contributed by atoms with Gasteiger partial charge < -0.3 is 9.88 Å². The summed E-state index contributed by atoms with van der Waals surface area (Å²) < 4.78 is 2.24. The van der Waals surface area contributed by atoms with Crippen molar-refractivity contribution in [1.82, 2.24) is 14.9 Å². The molecule has 4 heteroatoms. The van der Waals surface area contributed by atoms with E-state index < -0.39 is 0 Å². The molecule has 1 unspecified atom stereocenters. The van der Waals surface area contributed by atoms with Crippen molar-refractivity contribution in [3.8, 4) is 0 Å². The van der Waals surface area contributed by atoms with E-state index >= 15 is 0 Å². The molecule has 92 valence electrons. The molecule has 3 nitrogen and oxygen atoms in total. The number of benzene rings is 1. The molecule has 0 aliphatic carbocycles. The monoisotopic (exact) mass is 251 g/mol. The predicted octanol–water partition coefficient (Wildman–Crippen LogP) is 3.38. The molecule has 1 heterocycles. The molecule has 0 aliphatic rings. The minimum atomic E-state index is 0.256. The molecule has 0 saturated carbocycles. The van der Waals surface area contributed by atoms with Gasteiger partial charge in [-0.1, -0.05) is 18.5 Å². The van der Waals surface area contributed by atoms with Crippen molar-refractivity contribution < 1.29 is 0 Å². The van der Waals surface area contributed by atoms with Gasteiger partial charge in [0.15, 0.2) is 0 Å². The molecule has 17 heavy (non-hydrogen) atoms. The summed E-state index contributed by atoms with van der Waals surface area (Å²) in [7, 11) is 0. The van der Waals surface area contributed by atoms with E-state index in [1.165, 1.54) is 0 Å². The van der Waals surface area contributed by atoms with E-state index in [-0.39, 0.29) is 6.04 Å². The summed E-state index contributed by atoms with van der Waals surface area (Å²) in [6.45, 7) is 8.24. The summed E-state index contributed by atoms with van der Waals surface area (Å²) in [5.41, 5.74) is 2.12. The van der Waals surface area contributed by atoms with E-state index in [0.717, 1.165) is 35.0 Å². The van der Waals surface area contributed by atoms with Gasteiger partial charge in [0.05, 0.1) is 17.1 Å². The van der Waals surface area contributed by atoms with E-state index in [4.69, 9.17) is 11.6 Å². The number of halogens is 1. The summed E-state index contributed by atoms with van der Waals surface area (Å²) in [6.07, 6.45) is 0. The molecule has 2 rings (SSSR count). The zero-order chi connectivity index (χ0) is 12.4. The van der Waals surface area contributed by atoms with Crippen molar-refractivity contribution in [3.63, 3.8) is 0 Å². The number of imidazole rings is 1. The van der Waals surface area contributed by atoms with Crippen LogP contribution in [0, 0.1) is 0 Å². The van der Waals surface area contributed by atoms with Crippen LogP contribution in [0.1, 0.15) is 32.6 Å². The van der Waals surface area contributed by atoms with E-state index in [1.807, 2.05) is 18.2 Å². The van der Waals surface area contributed by atoms with Crippen LogP contribution in [0.5, 0.6) is 0 Å². The van der Waals surface area contributed by atoms with Crippen LogP contribution in [0.25, 0.3) is 11.0 Å². The van der Waals surface area contributed by atoms with Gasteiger partial charge in [0.1, 0.15) is 5.82 Å². The minimum Gasteiger partial charge on any atom is -0.327 e. The third-order valence-corrected chi connectivity index (χ3v) is 3.19. The lowest BCUT2D eigenvalue weighted by Crippen LogP contribution is -2.21. The minimum absolute atomic E-state index is 0.256. The number of hydrogen-bond acceptors (Lipinski definition) is 2. The molecule has 1 aromatic carbocycles. The molecule has 0 saturated heterocycles. The molecule has 0 amide bonds. The quantitative estimate of drug-likeness (QED) is 0.903. The van der Waals surface area contributed by atoms with Crippen LogP contribution in [0.4, 0.5) is 0 Å². The SMILES string of the molecule is CCNC(C)c1nc2cc(Cl)ccc2n1CC. The second kappa shape index (κ2) is 5.07. The highest BCUT2D eigenvalue weighted by Crippen LogP contribution is 2.23. The fraction of sp³-hybridized carbons (Fsp3) is 0.462. The predicted molar refractivity (Wildman–Crippen MR) is 72.5 cm³/mol. The first-order valence-electron chi connectivity index (χ1n) is 6.06. The molecule has 0 aliphatic heterocycles. The summed E-state index contributed by atoms with van der Waals surface area (Å²) in [4.78, 5) is 4.68.